The number of carbonyl (C=O) groups excluding carboxylic acids is 1. The summed E-state index contributed by atoms with van der Waals surface area (Å²) in [5.41, 5.74) is 2.65. The van der Waals surface area contributed by atoms with Crippen molar-refractivity contribution in [2.75, 3.05) is 12.4 Å². The van der Waals surface area contributed by atoms with Gasteiger partial charge in [0.1, 0.15) is 0 Å². The van der Waals surface area contributed by atoms with E-state index in [0.29, 0.717) is 12.0 Å². The van der Waals surface area contributed by atoms with E-state index in [0.717, 1.165) is 24.1 Å². The first-order chi connectivity index (χ1) is 11.2. The van der Waals surface area contributed by atoms with E-state index in [1.807, 2.05) is 42.5 Å². The summed E-state index contributed by atoms with van der Waals surface area (Å²) >= 11 is 0. The normalized spacial score (nSPS) is 11.3. The number of para-hydroxylation sites is 1. The minimum absolute atomic E-state index is 0.0949. The standard InChI is InChI=1S/C19H20N2O2/c1-23-19(22)16-12-10-15(11-13-16)18(9-5-6-14-20)21-17-7-3-2-4-8-17/h2-4,7-8,10-13,18,21H,5-6,9H2,1H3. The summed E-state index contributed by atoms with van der Waals surface area (Å²) in [7, 11) is 1.37. The molecule has 1 unspecified atom stereocenters. The molecule has 4 nitrogen and oxygen atoms in total. The zero-order valence-corrected chi connectivity index (χ0v) is 13.2. The van der Waals surface area contributed by atoms with Gasteiger partial charge in [0.2, 0.25) is 0 Å². The molecule has 4 heteroatoms. The Hall–Kier alpha value is -2.80. The van der Waals surface area contributed by atoms with Crippen LogP contribution >= 0.6 is 0 Å². The number of carbonyl (C=O) groups is 1. The van der Waals surface area contributed by atoms with Gasteiger partial charge >= 0.3 is 5.97 Å². The highest BCUT2D eigenvalue weighted by molar-refractivity contribution is 5.89. The van der Waals surface area contributed by atoms with Gasteiger partial charge in [0.05, 0.1) is 24.8 Å². The molecule has 2 rings (SSSR count). The van der Waals surface area contributed by atoms with Gasteiger partial charge in [-0.3, -0.25) is 0 Å². The summed E-state index contributed by atoms with van der Waals surface area (Å²) in [6.45, 7) is 0. The largest absolute Gasteiger partial charge is 0.465 e. The molecule has 0 aliphatic carbocycles. The molecule has 23 heavy (non-hydrogen) atoms. The number of nitrogens with zero attached hydrogens (tertiary/aromatic N) is 1. The zero-order chi connectivity index (χ0) is 16.5. The lowest BCUT2D eigenvalue weighted by Gasteiger charge is -2.20. The average Bonchev–Trinajstić information content (AvgIpc) is 2.61. The molecule has 1 N–H and O–H groups in total. The van der Waals surface area contributed by atoms with E-state index in [1.54, 1.807) is 12.1 Å². The quantitative estimate of drug-likeness (QED) is 0.611. The number of nitriles is 1. The number of anilines is 1. The Morgan fingerprint density at radius 2 is 1.87 bits per heavy atom. The van der Waals surface area contributed by atoms with Crippen molar-refractivity contribution in [3.63, 3.8) is 0 Å². The van der Waals surface area contributed by atoms with Crippen molar-refractivity contribution in [3.8, 4) is 6.07 Å². The molecule has 118 valence electrons. The third kappa shape index (κ3) is 4.86. The van der Waals surface area contributed by atoms with Crippen LogP contribution in [-0.2, 0) is 4.74 Å². The molecule has 0 bridgehead atoms. The first-order valence-electron chi connectivity index (χ1n) is 7.61. The van der Waals surface area contributed by atoms with Crippen molar-refractivity contribution >= 4 is 11.7 Å². The Bertz CT molecular complexity index is 660. The molecular formula is C19H20N2O2. The number of methoxy groups -OCH3 is 1. The Morgan fingerprint density at radius 1 is 1.17 bits per heavy atom. The summed E-state index contributed by atoms with van der Waals surface area (Å²) in [6, 6.07) is 19.6. The fourth-order valence-electron chi connectivity index (χ4n) is 2.41. The second kappa shape index (κ2) is 8.60. The van der Waals surface area contributed by atoms with Gasteiger partial charge in [-0.15, -0.1) is 0 Å². The Kier molecular flexibility index (Phi) is 6.19. The smallest absolute Gasteiger partial charge is 0.337 e. The topological polar surface area (TPSA) is 62.1 Å². The predicted octanol–water partition coefficient (Wildman–Crippen LogP) is 4.32. The Labute approximate surface area is 136 Å². The van der Waals surface area contributed by atoms with Crippen LogP contribution < -0.4 is 5.32 Å². The number of unbranched alkanes of at least 4 members (excludes halogenated alkanes) is 1. The van der Waals surface area contributed by atoms with E-state index in [2.05, 4.69) is 11.4 Å². The van der Waals surface area contributed by atoms with Crippen LogP contribution in [0.3, 0.4) is 0 Å². The van der Waals surface area contributed by atoms with E-state index >= 15 is 0 Å². The number of ether oxygens (including phenoxy) is 1. The summed E-state index contributed by atoms with van der Waals surface area (Å²) < 4.78 is 4.72. The maximum absolute atomic E-state index is 11.5. The lowest BCUT2D eigenvalue weighted by atomic mass is 9.99. The minimum Gasteiger partial charge on any atom is -0.465 e. The molecule has 2 aromatic carbocycles. The van der Waals surface area contributed by atoms with Crippen molar-refractivity contribution in [2.24, 2.45) is 0 Å². The van der Waals surface area contributed by atoms with Gasteiger partial charge < -0.3 is 10.1 Å². The van der Waals surface area contributed by atoms with Crippen molar-refractivity contribution in [2.45, 2.75) is 25.3 Å². The highest BCUT2D eigenvalue weighted by Crippen LogP contribution is 2.25. The van der Waals surface area contributed by atoms with E-state index < -0.39 is 0 Å². The van der Waals surface area contributed by atoms with Gasteiger partial charge in [0.25, 0.3) is 0 Å². The summed E-state index contributed by atoms with van der Waals surface area (Å²) in [5.74, 6) is -0.339. The van der Waals surface area contributed by atoms with Gasteiger partial charge in [0, 0.05) is 12.1 Å². The van der Waals surface area contributed by atoms with E-state index in [-0.39, 0.29) is 12.0 Å². The highest BCUT2D eigenvalue weighted by atomic mass is 16.5. The van der Waals surface area contributed by atoms with Gasteiger partial charge in [0.15, 0.2) is 0 Å². The number of nitrogens with one attached hydrogen (secondary N) is 1. The Morgan fingerprint density at radius 3 is 2.48 bits per heavy atom. The van der Waals surface area contributed by atoms with E-state index in [4.69, 9.17) is 10.00 Å². The van der Waals surface area contributed by atoms with E-state index in [9.17, 15) is 4.79 Å². The summed E-state index contributed by atoms with van der Waals surface area (Å²) in [6.07, 6.45) is 2.20. The number of esters is 1. The first kappa shape index (κ1) is 16.6. The molecule has 0 saturated heterocycles. The third-order valence-corrected chi connectivity index (χ3v) is 3.63. The zero-order valence-electron chi connectivity index (χ0n) is 13.2. The molecular weight excluding hydrogens is 288 g/mol. The SMILES string of the molecule is COC(=O)c1ccc(C(CCCC#N)Nc2ccccc2)cc1. The first-order valence-corrected chi connectivity index (χ1v) is 7.61. The van der Waals surface area contributed by atoms with Crippen molar-refractivity contribution in [3.05, 3.63) is 65.7 Å². The molecule has 0 fully saturated rings. The molecule has 1 atom stereocenters. The monoisotopic (exact) mass is 308 g/mol. The second-order valence-electron chi connectivity index (χ2n) is 5.23. The number of hydrogen-bond acceptors (Lipinski definition) is 4. The van der Waals surface area contributed by atoms with Crippen LogP contribution in [0.5, 0.6) is 0 Å². The van der Waals surface area contributed by atoms with Gasteiger partial charge in [-0.25, -0.2) is 4.79 Å². The van der Waals surface area contributed by atoms with Crippen molar-refractivity contribution in [1.82, 2.24) is 0 Å². The van der Waals surface area contributed by atoms with Crippen LogP contribution in [0.1, 0.15) is 41.2 Å². The Balaban J connectivity index is 2.15. The van der Waals surface area contributed by atoms with Gasteiger partial charge in [-0.05, 0) is 42.7 Å². The molecule has 0 radical (unpaired) electrons. The maximum atomic E-state index is 11.5. The fourth-order valence-corrected chi connectivity index (χ4v) is 2.41. The lowest BCUT2D eigenvalue weighted by Crippen LogP contribution is -2.11. The van der Waals surface area contributed by atoms with Crippen LogP contribution in [0.15, 0.2) is 54.6 Å². The third-order valence-electron chi connectivity index (χ3n) is 3.63. The predicted molar refractivity (Wildman–Crippen MR) is 90.1 cm³/mol. The van der Waals surface area contributed by atoms with Gasteiger partial charge in [-0.2, -0.15) is 5.26 Å². The molecule has 0 aliphatic heterocycles. The van der Waals surface area contributed by atoms with E-state index in [1.165, 1.54) is 7.11 Å². The lowest BCUT2D eigenvalue weighted by molar-refractivity contribution is 0.0600. The highest BCUT2D eigenvalue weighted by Gasteiger charge is 2.13. The molecule has 0 heterocycles. The molecule has 0 aromatic heterocycles. The molecule has 0 saturated carbocycles. The van der Waals surface area contributed by atoms with Crippen LogP contribution in [-0.4, -0.2) is 13.1 Å². The van der Waals surface area contributed by atoms with Crippen LogP contribution in [0.4, 0.5) is 5.69 Å². The number of benzene rings is 2. The molecule has 0 amide bonds. The number of rotatable bonds is 7. The average molecular weight is 308 g/mol. The van der Waals surface area contributed by atoms with Crippen LogP contribution in [0.2, 0.25) is 0 Å². The maximum Gasteiger partial charge on any atom is 0.337 e. The van der Waals surface area contributed by atoms with Crippen molar-refractivity contribution in [1.29, 1.82) is 5.26 Å². The minimum atomic E-state index is -0.339. The summed E-state index contributed by atoms with van der Waals surface area (Å²) in [4.78, 5) is 11.5. The molecule has 0 spiro atoms. The van der Waals surface area contributed by atoms with Crippen LogP contribution in [0, 0.1) is 11.3 Å². The van der Waals surface area contributed by atoms with Gasteiger partial charge in [-0.1, -0.05) is 30.3 Å². The van der Waals surface area contributed by atoms with Crippen LogP contribution in [0.25, 0.3) is 0 Å². The molecule has 2 aromatic rings. The van der Waals surface area contributed by atoms with Crippen molar-refractivity contribution < 1.29 is 9.53 Å². The summed E-state index contributed by atoms with van der Waals surface area (Å²) in [5, 5.41) is 12.2. The fraction of sp³-hybridized carbons (Fsp3) is 0.263. The second-order valence-corrected chi connectivity index (χ2v) is 5.23. The number of hydrogen-bond donors (Lipinski definition) is 1. The molecule has 0 aliphatic rings.